The van der Waals surface area contributed by atoms with Crippen LogP contribution in [0.25, 0.3) is 0 Å². The third-order valence-electron chi connectivity index (χ3n) is 9.38. The zero-order valence-electron chi connectivity index (χ0n) is 19.8. The average Bonchev–Trinajstić information content (AvgIpc) is 3.44. The van der Waals surface area contributed by atoms with Crippen LogP contribution in [0.5, 0.6) is 0 Å². The fraction of sp³-hybridized carbons (Fsp3) is 0.880. The van der Waals surface area contributed by atoms with Crippen molar-refractivity contribution in [3.05, 3.63) is 0 Å². The van der Waals surface area contributed by atoms with Crippen LogP contribution in [-0.2, 0) is 14.3 Å². The summed E-state index contributed by atoms with van der Waals surface area (Å²) >= 11 is 0. The fourth-order valence-electron chi connectivity index (χ4n) is 8.20. The highest BCUT2D eigenvalue weighted by Gasteiger charge is 2.64. The molecule has 0 radical (unpaired) electrons. The van der Waals surface area contributed by atoms with E-state index in [1.165, 1.54) is 0 Å². The Balaban J connectivity index is 1.32. The van der Waals surface area contributed by atoms with E-state index in [1.54, 1.807) is 11.9 Å². The summed E-state index contributed by atoms with van der Waals surface area (Å²) < 4.78 is 6.32. The molecule has 1 aliphatic heterocycles. The SMILES string of the molecule is CN[C@@H](CCCCN)C(=O)OC12CC3CC(C1)CC([C@H](N)C(=O)N1[C@H](C#N)C[C@@H]4C[C@@H]41)(C3)C2. The second-order valence-electron chi connectivity index (χ2n) is 11.7. The number of fused-ring (bicyclic) bond motifs is 1. The lowest BCUT2D eigenvalue weighted by Crippen LogP contribution is -2.66. The Bertz CT molecular complexity index is 826. The van der Waals surface area contributed by atoms with Gasteiger partial charge in [-0.15, -0.1) is 0 Å². The van der Waals surface area contributed by atoms with Gasteiger partial charge in [-0.2, -0.15) is 5.26 Å². The summed E-state index contributed by atoms with van der Waals surface area (Å²) in [6.07, 6.45) is 9.72. The molecule has 0 aromatic carbocycles. The van der Waals surface area contributed by atoms with Crippen molar-refractivity contribution in [3.8, 4) is 6.07 Å². The van der Waals surface area contributed by atoms with E-state index in [4.69, 9.17) is 16.2 Å². The Morgan fingerprint density at radius 1 is 1.18 bits per heavy atom. The van der Waals surface area contributed by atoms with Gasteiger partial charge in [-0.3, -0.25) is 9.59 Å². The van der Waals surface area contributed by atoms with Gasteiger partial charge in [-0.1, -0.05) is 6.42 Å². The molecule has 5 aliphatic carbocycles. The van der Waals surface area contributed by atoms with Gasteiger partial charge in [-0.05, 0) is 101 Å². The van der Waals surface area contributed by atoms with Gasteiger partial charge in [-0.25, -0.2) is 0 Å². The number of carbonyl (C=O) groups is 2. The smallest absolute Gasteiger partial charge is 0.323 e. The van der Waals surface area contributed by atoms with E-state index in [0.717, 1.165) is 57.8 Å². The maximum Gasteiger partial charge on any atom is 0.323 e. The molecule has 6 fully saturated rings. The number of hydrogen-bond donors (Lipinski definition) is 3. The number of esters is 1. The van der Waals surface area contributed by atoms with E-state index in [-0.39, 0.29) is 35.4 Å². The Labute approximate surface area is 196 Å². The standard InChI is InChI=1S/C25H39N5O3/c1-29-19(4-2-3-5-26)23(32)33-25-11-15-6-16(12-25)10-24(9-15,14-25)21(28)22(31)30-18(13-27)7-17-8-20(17)30/h15-21,29H,2-12,14,26,28H2,1H3/t15?,16?,17-,18+,19+,20+,21-,24?,25?/m1/s1. The highest BCUT2D eigenvalue weighted by molar-refractivity contribution is 5.84. The van der Waals surface area contributed by atoms with E-state index >= 15 is 0 Å². The number of piperidine rings is 1. The lowest BCUT2D eigenvalue weighted by Gasteiger charge is -2.62. The zero-order chi connectivity index (χ0) is 23.4. The highest BCUT2D eigenvalue weighted by Crippen LogP contribution is 2.64. The number of nitrogens with one attached hydrogen (secondary N) is 1. The molecule has 6 rings (SSSR count). The molecule has 1 saturated heterocycles. The Kier molecular flexibility index (Phi) is 5.95. The maximum atomic E-state index is 13.6. The number of unbranched alkanes of at least 4 members (excludes halogenated alkanes) is 1. The molecule has 6 aliphatic rings. The predicted molar refractivity (Wildman–Crippen MR) is 122 cm³/mol. The van der Waals surface area contributed by atoms with Crippen molar-refractivity contribution in [2.24, 2.45) is 34.6 Å². The molecular formula is C25H39N5O3. The number of likely N-dealkylation sites (tertiary alicyclic amines) is 1. The summed E-state index contributed by atoms with van der Waals surface area (Å²) in [5.74, 6) is 1.14. The first-order chi connectivity index (χ1) is 15.8. The van der Waals surface area contributed by atoms with Crippen molar-refractivity contribution in [2.75, 3.05) is 13.6 Å². The number of nitrogens with zero attached hydrogens (tertiary/aromatic N) is 2. The van der Waals surface area contributed by atoms with Crippen LogP contribution in [0.1, 0.15) is 70.6 Å². The minimum atomic E-state index is -0.624. The first-order valence-electron chi connectivity index (χ1n) is 12.9. The molecule has 7 atom stereocenters. The summed E-state index contributed by atoms with van der Waals surface area (Å²) in [6, 6.07) is 1.24. The van der Waals surface area contributed by atoms with Crippen molar-refractivity contribution in [1.29, 1.82) is 5.26 Å². The minimum absolute atomic E-state index is 0.0511. The van der Waals surface area contributed by atoms with Crippen LogP contribution in [0, 0.1) is 34.5 Å². The van der Waals surface area contributed by atoms with Gasteiger partial charge in [0.2, 0.25) is 5.91 Å². The Morgan fingerprint density at radius 2 is 1.91 bits per heavy atom. The van der Waals surface area contributed by atoms with Gasteiger partial charge in [0, 0.05) is 6.04 Å². The van der Waals surface area contributed by atoms with E-state index in [9.17, 15) is 14.9 Å². The molecule has 5 saturated carbocycles. The van der Waals surface area contributed by atoms with Gasteiger partial charge in [0.05, 0.1) is 12.1 Å². The van der Waals surface area contributed by atoms with Crippen molar-refractivity contribution in [2.45, 2.75) is 100 Å². The van der Waals surface area contributed by atoms with Gasteiger partial charge >= 0.3 is 5.97 Å². The van der Waals surface area contributed by atoms with Gasteiger partial charge in [0.15, 0.2) is 0 Å². The largest absolute Gasteiger partial charge is 0.458 e. The van der Waals surface area contributed by atoms with Crippen LogP contribution >= 0.6 is 0 Å². The first-order valence-corrected chi connectivity index (χ1v) is 12.9. The number of rotatable bonds is 9. The van der Waals surface area contributed by atoms with Crippen LogP contribution in [0.4, 0.5) is 0 Å². The zero-order valence-corrected chi connectivity index (χ0v) is 19.8. The van der Waals surface area contributed by atoms with Crippen LogP contribution in [-0.4, -0.2) is 60.1 Å². The molecule has 33 heavy (non-hydrogen) atoms. The fourth-order valence-corrected chi connectivity index (χ4v) is 8.20. The third kappa shape index (κ3) is 3.96. The molecule has 0 aromatic heterocycles. The lowest BCUT2D eigenvalue weighted by atomic mass is 9.46. The predicted octanol–water partition coefficient (Wildman–Crippen LogP) is 1.43. The van der Waals surface area contributed by atoms with Gasteiger partial charge in [0.25, 0.3) is 0 Å². The molecule has 8 nitrogen and oxygen atoms in total. The molecule has 8 heteroatoms. The van der Waals surface area contributed by atoms with Gasteiger partial charge in [0.1, 0.15) is 17.7 Å². The summed E-state index contributed by atoms with van der Waals surface area (Å²) in [6.45, 7) is 0.624. The summed E-state index contributed by atoms with van der Waals surface area (Å²) in [5, 5.41) is 12.7. The molecule has 1 amide bonds. The Hall–Kier alpha value is -1.69. The average molecular weight is 458 g/mol. The molecule has 5 N–H and O–H groups in total. The van der Waals surface area contributed by atoms with Crippen molar-refractivity contribution in [3.63, 3.8) is 0 Å². The molecule has 0 aromatic rings. The highest BCUT2D eigenvalue weighted by atomic mass is 16.6. The van der Waals surface area contributed by atoms with E-state index in [0.29, 0.717) is 37.1 Å². The number of hydrogen-bond acceptors (Lipinski definition) is 7. The quantitative estimate of drug-likeness (QED) is 0.352. The number of likely N-dealkylation sites (N-methyl/N-ethyl adjacent to an activating group) is 1. The maximum absolute atomic E-state index is 13.6. The summed E-state index contributed by atoms with van der Waals surface area (Å²) in [5.41, 5.74) is 11.6. The third-order valence-corrected chi connectivity index (χ3v) is 9.38. The van der Waals surface area contributed by atoms with E-state index in [2.05, 4.69) is 11.4 Å². The van der Waals surface area contributed by atoms with Crippen LogP contribution in [0.2, 0.25) is 0 Å². The summed E-state index contributed by atoms with van der Waals surface area (Å²) in [7, 11) is 1.80. The normalized spacial score (nSPS) is 41.9. The van der Waals surface area contributed by atoms with Crippen molar-refractivity contribution >= 4 is 11.9 Å². The van der Waals surface area contributed by atoms with Gasteiger partial charge < -0.3 is 26.4 Å². The lowest BCUT2D eigenvalue weighted by molar-refractivity contribution is -0.207. The van der Waals surface area contributed by atoms with Crippen molar-refractivity contribution < 1.29 is 14.3 Å². The number of amides is 1. The second kappa shape index (κ2) is 8.51. The monoisotopic (exact) mass is 457 g/mol. The molecule has 4 bridgehead atoms. The number of nitrogens with two attached hydrogens (primary N) is 2. The molecule has 2 unspecified atom stereocenters. The first kappa shape index (κ1) is 23.1. The van der Waals surface area contributed by atoms with E-state index in [1.807, 2.05) is 0 Å². The van der Waals surface area contributed by atoms with Crippen molar-refractivity contribution in [1.82, 2.24) is 10.2 Å². The molecular weight excluding hydrogens is 418 g/mol. The molecule has 1 heterocycles. The molecule has 182 valence electrons. The van der Waals surface area contributed by atoms with E-state index < -0.39 is 11.6 Å². The number of carbonyl (C=O) groups excluding carboxylic acids is 2. The summed E-state index contributed by atoms with van der Waals surface area (Å²) in [4.78, 5) is 28.6. The van der Waals surface area contributed by atoms with Crippen LogP contribution in [0.15, 0.2) is 0 Å². The Morgan fingerprint density at radius 3 is 2.55 bits per heavy atom. The molecule has 0 spiro atoms. The van der Waals surface area contributed by atoms with Crippen LogP contribution in [0.3, 0.4) is 0 Å². The van der Waals surface area contributed by atoms with Crippen LogP contribution < -0.4 is 16.8 Å². The number of nitriles is 1. The second-order valence-corrected chi connectivity index (χ2v) is 11.7. The number of ether oxygens (including phenoxy) is 1. The minimum Gasteiger partial charge on any atom is -0.458 e. The topological polar surface area (TPSA) is 134 Å².